The first-order valence-corrected chi connectivity index (χ1v) is 12.6. The molecule has 4 aromatic rings. The summed E-state index contributed by atoms with van der Waals surface area (Å²) < 4.78 is 1.43. The van der Waals surface area contributed by atoms with Gasteiger partial charge in [-0.1, -0.05) is 24.3 Å². The summed E-state index contributed by atoms with van der Waals surface area (Å²) in [5.74, 6) is -0.313. The molecule has 0 saturated heterocycles. The van der Waals surface area contributed by atoms with Crippen LogP contribution in [0, 0.1) is 0 Å². The smallest absolute Gasteiger partial charge is 0.255 e. The van der Waals surface area contributed by atoms with E-state index < -0.39 is 0 Å². The van der Waals surface area contributed by atoms with E-state index in [9.17, 15) is 9.59 Å². The summed E-state index contributed by atoms with van der Waals surface area (Å²) in [5, 5.41) is 5.91. The number of nitrogens with zero attached hydrogens (tertiary/aromatic N) is 2. The van der Waals surface area contributed by atoms with Gasteiger partial charge in [-0.3, -0.25) is 18.6 Å². The fraction of sp³-hybridized carbons (Fsp3) is 0.188. The summed E-state index contributed by atoms with van der Waals surface area (Å²) in [7, 11) is 12.6. The van der Waals surface area contributed by atoms with Crippen LogP contribution in [0.1, 0.15) is 20.7 Å². The van der Waals surface area contributed by atoms with Crippen LogP contribution in [0.25, 0.3) is 11.1 Å². The Morgan fingerprint density at radius 2 is 0.737 bits per heavy atom. The first kappa shape index (κ1) is 26.8. The highest BCUT2D eigenvalue weighted by Crippen LogP contribution is 2.24. The lowest BCUT2D eigenvalue weighted by Gasteiger charge is -2.23. The molecule has 0 heterocycles. The van der Waals surface area contributed by atoms with Crippen LogP contribution < -0.4 is 19.6 Å². The lowest BCUT2D eigenvalue weighted by atomic mass is 10.0. The first-order valence-electron chi connectivity index (χ1n) is 12.6. The number of hydrogen-bond acceptors (Lipinski definition) is 2. The van der Waals surface area contributed by atoms with Crippen LogP contribution in [0.2, 0.25) is 0 Å². The number of nitrogens with one attached hydrogen (secondary N) is 2. The quantitative estimate of drug-likeness (QED) is 0.290. The molecule has 0 spiro atoms. The van der Waals surface area contributed by atoms with Crippen LogP contribution in [0.4, 0.5) is 22.7 Å². The van der Waals surface area contributed by atoms with Crippen molar-refractivity contribution in [2.75, 3.05) is 52.9 Å². The molecule has 0 radical (unpaired) electrons. The third-order valence-electron chi connectivity index (χ3n) is 6.43. The highest BCUT2D eigenvalue weighted by atomic mass is 16.2. The molecule has 194 valence electrons. The molecule has 2 N–H and O–H groups in total. The van der Waals surface area contributed by atoms with Crippen molar-refractivity contribution in [2.45, 2.75) is 0 Å². The van der Waals surface area contributed by atoms with Gasteiger partial charge in [-0.25, -0.2) is 0 Å². The predicted molar refractivity (Wildman–Crippen MR) is 160 cm³/mol. The molecule has 6 heteroatoms. The number of carbonyl (C=O) groups is 2. The normalized spacial score (nSPS) is 11.6. The minimum Gasteiger partial charge on any atom is -0.322 e. The minimum absolute atomic E-state index is 0.156. The molecule has 0 unspecified atom stereocenters. The fourth-order valence-corrected chi connectivity index (χ4v) is 4.02. The average Bonchev–Trinajstić information content (AvgIpc) is 2.88. The number of benzene rings is 4. The fourth-order valence-electron chi connectivity index (χ4n) is 4.02. The zero-order chi connectivity index (χ0) is 27.5. The van der Waals surface area contributed by atoms with Crippen LogP contribution in [0.15, 0.2) is 97.1 Å². The van der Waals surface area contributed by atoms with E-state index in [4.69, 9.17) is 0 Å². The van der Waals surface area contributed by atoms with Crippen LogP contribution >= 0.6 is 0 Å². The molecular weight excluding hydrogens is 472 g/mol. The molecule has 0 atom stereocenters. The zero-order valence-electron chi connectivity index (χ0n) is 22.9. The lowest BCUT2D eigenvalue weighted by Crippen LogP contribution is -2.34. The van der Waals surface area contributed by atoms with Gasteiger partial charge in [0.05, 0.1) is 42.3 Å². The molecule has 2 amide bonds. The number of anilines is 2. The lowest BCUT2D eigenvalue weighted by molar-refractivity contribution is 0.101. The van der Waals surface area contributed by atoms with Gasteiger partial charge in [-0.2, -0.15) is 0 Å². The maximum Gasteiger partial charge on any atom is 0.255 e. The molecule has 6 nitrogen and oxygen atoms in total. The number of rotatable bonds is 7. The van der Waals surface area contributed by atoms with Crippen molar-refractivity contribution >= 4 is 34.6 Å². The van der Waals surface area contributed by atoms with Gasteiger partial charge in [0.25, 0.3) is 11.8 Å². The Bertz CT molecular complexity index is 1300. The van der Waals surface area contributed by atoms with Crippen molar-refractivity contribution in [1.82, 2.24) is 8.97 Å². The van der Waals surface area contributed by atoms with Crippen LogP contribution in [-0.2, 0) is 0 Å². The number of quaternary nitrogens is 2. The van der Waals surface area contributed by atoms with Gasteiger partial charge in [0.1, 0.15) is 11.4 Å². The average molecular weight is 509 g/mol. The third kappa shape index (κ3) is 6.54. The molecule has 4 rings (SSSR count). The Labute approximate surface area is 225 Å². The Morgan fingerprint density at radius 1 is 0.447 bits per heavy atom. The van der Waals surface area contributed by atoms with E-state index in [0.717, 1.165) is 33.9 Å². The molecule has 0 saturated carbocycles. The van der Waals surface area contributed by atoms with Crippen molar-refractivity contribution in [1.29, 1.82) is 0 Å². The van der Waals surface area contributed by atoms with E-state index in [0.29, 0.717) is 20.1 Å². The molecular formula is C32H36N4O2+2. The summed E-state index contributed by atoms with van der Waals surface area (Å²) in [6, 6.07) is 30.7. The Kier molecular flexibility index (Phi) is 7.49. The van der Waals surface area contributed by atoms with E-state index in [1.54, 1.807) is 0 Å². The first-order chi connectivity index (χ1) is 17.9. The second-order valence-electron chi connectivity index (χ2n) is 11.2. The Hall–Kier alpha value is -4.26. The van der Waals surface area contributed by atoms with Crippen molar-refractivity contribution in [3.8, 4) is 11.1 Å². The molecule has 0 aliphatic rings. The predicted octanol–water partition coefficient (Wildman–Crippen LogP) is 6.25. The van der Waals surface area contributed by atoms with E-state index >= 15 is 0 Å². The van der Waals surface area contributed by atoms with Crippen molar-refractivity contribution in [3.63, 3.8) is 0 Å². The monoisotopic (exact) mass is 508 g/mol. The number of amides is 2. The number of hydrogen-bond donors (Lipinski definition) is 2. The second kappa shape index (κ2) is 10.6. The zero-order valence-corrected chi connectivity index (χ0v) is 22.9. The summed E-state index contributed by atoms with van der Waals surface area (Å²) in [6.07, 6.45) is 0. The Morgan fingerprint density at radius 3 is 1.00 bits per heavy atom. The van der Waals surface area contributed by atoms with Crippen LogP contribution in [0.5, 0.6) is 0 Å². The van der Waals surface area contributed by atoms with Crippen molar-refractivity contribution in [3.05, 3.63) is 108 Å². The van der Waals surface area contributed by atoms with Crippen molar-refractivity contribution in [2.24, 2.45) is 0 Å². The third-order valence-corrected chi connectivity index (χ3v) is 6.43. The minimum atomic E-state index is -0.156. The summed E-state index contributed by atoms with van der Waals surface area (Å²) in [4.78, 5) is 25.4. The molecule has 0 aliphatic heterocycles. The highest BCUT2D eigenvalue weighted by Gasteiger charge is 2.14. The SMILES string of the molecule is C[N+](C)(C)c1ccc(NC(=O)c2ccc(-c3ccc(C(=O)Nc4ccc([N+](C)(C)C)cc4)cc3)cc2)cc1. The van der Waals surface area contributed by atoms with Gasteiger partial charge in [0.15, 0.2) is 0 Å². The summed E-state index contributed by atoms with van der Waals surface area (Å²) in [5.41, 5.74) is 6.93. The largest absolute Gasteiger partial charge is 0.322 e. The topological polar surface area (TPSA) is 58.2 Å². The van der Waals surface area contributed by atoms with Gasteiger partial charge >= 0.3 is 0 Å². The van der Waals surface area contributed by atoms with Gasteiger partial charge in [-0.05, 0) is 59.7 Å². The van der Waals surface area contributed by atoms with E-state index in [1.165, 1.54) is 0 Å². The van der Waals surface area contributed by atoms with Gasteiger partial charge in [0, 0.05) is 46.8 Å². The van der Waals surface area contributed by atoms with Gasteiger partial charge < -0.3 is 10.6 Å². The molecule has 0 fully saturated rings. The van der Waals surface area contributed by atoms with Crippen molar-refractivity contribution < 1.29 is 9.59 Å². The van der Waals surface area contributed by atoms with E-state index in [2.05, 4.69) is 52.9 Å². The van der Waals surface area contributed by atoms with E-state index in [1.807, 2.05) is 97.1 Å². The molecule has 4 aromatic carbocycles. The summed E-state index contributed by atoms with van der Waals surface area (Å²) in [6.45, 7) is 0. The molecule has 0 aromatic heterocycles. The van der Waals surface area contributed by atoms with Crippen LogP contribution in [0.3, 0.4) is 0 Å². The molecule has 0 aliphatic carbocycles. The summed E-state index contributed by atoms with van der Waals surface area (Å²) >= 11 is 0. The number of carbonyl (C=O) groups excluding carboxylic acids is 2. The highest BCUT2D eigenvalue weighted by molar-refractivity contribution is 6.05. The molecule has 0 bridgehead atoms. The Balaban J connectivity index is 1.38. The molecule has 38 heavy (non-hydrogen) atoms. The standard InChI is InChI=1S/C32H34N4O2/c1-35(2,3)29-19-15-27(16-20-29)33-31(37)25-11-7-23(8-12-25)24-9-13-26(14-10-24)32(38)34-28-17-21-30(22-18-28)36(4,5)6/h7-22H,1-6H3/p+2. The van der Waals surface area contributed by atoms with Gasteiger partial charge in [-0.15, -0.1) is 0 Å². The maximum atomic E-state index is 12.7. The maximum absolute atomic E-state index is 12.7. The van der Waals surface area contributed by atoms with Gasteiger partial charge in [0.2, 0.25) is 0 Å². The second-order valence-corrected chi connectivity index (χ2v) is 11.2. The van der Waals surface area contributed by atoms with Crippen LogP contribution in [-0.4, -0.2) is 54.1 Å². The van der Waals surface area contributed by atoms with E-state index in [-0.39, 0.29) is 11.8 Å².